The van der Waals surface area contributed by atoms with E-state index in [1.165, 1.54) is 19.3 Å². The predicted octanol–water partition coefficient (Wildman–Crippen LogP) is 3.29. The fourth-order valence-electron chi connectivity index (χ4n) is 1.15. The summed E-state index contributed by atoms with van der Waals surface area (Å²) in [7, 11) is 0. The number of hydrogen-bond acceptors (Lipinski definition) is 1. The molecule has 0 heterocycles. The van der Waals surface area contributed by atoms with Crippen LogP contribution in [-0.4, -0.2) is 11.2 Å². The van der Waals surface area contributed by atoms with Gasteiger partial charge >= 0.3 is 0 Å². The van der Waals surface area contributed by atoms with Crippen molar-refractivity contribution in [3.05, 3.63) is 12.7 Å². The average Bonchev–Trinajstić information content (AvgIpc) is 2.20. The van der Waals surface area contributed by atoms with Crippen LogP contribution in [0.25, 0.3) is 0 Å². The first kappa shape index (κ1) is 13.3. The van der Waals surface area contributed by atoms with E-state index in [0.29, 0.717) is 6.42 Å². The van der Waals surface area contributed by atoms with Gasteiger partial charge in [0.2, 0.25) is 0 Å². The minimum atomic E-state index is -0.272. The van der Waals surface area contributed by atoms with Crippen LogP contribution in [0.1, 0.15) is 51.9 Å². The van der Waals surface area contributed by atoms with Gasteiger partial charge in [-0.1, -0.05) is 25.8 Å². The van der Waals surface area contributed by atoms with Gasteiger partial charge in [-0.2, -0.15) is 0 Å². The van der Waals surface area contributed by atoms with Gasteiger partial charge in [-0.25, -0.2) is 0 Å². The van der Waals surface area contributed by atoms with Crippen molar-refractivity contribution in [3.8, 4) is 11.8 Å². The first-order valence-electron chi connectivity index (χ1n) is 5.56. The largest absolute Gasteiger partial charge is 0.392 e. The maximum absolute atomic E-state index is 9.43. The molecule has 0 aliphatic rings. The van der Waals surface area contributed by atoms with Crippen molar-refractivity contribution < 1.29 is 5.11 Å². The van der Waals surface area contributed by atoms with E-state index in [0.717, 1.165) is 19.3 Å². The molecule has 0 aliphatic carbocycles. The van der Waals surface area contributed by atoms with Crippen LogP contribution in [0.2, 0.25) is 0 Å². The van der Waals surface area contributed by atoms with Crippen LogP contribution >= 0.6 is 0 Å². The van der Waals surface area contributed by atoms with Gasteiger partial charge < -0.3 is 5.11 Å². The third kappa shape index (κ3) is 9.35. The highest BCUT2D eigenvalue weighted by Gasteiger charge is 1.98. The van der Waals surface area contributed by atoms with Crippen LogP contribution in [0.15, 0.2) is 12.7 Å². The van der Waals surface area contributed by atoms with Crippen molar-refractivity contribution in [2.75, 3.05) is 0 Å². The fourth-order valence-corrected chi connectivity index (χ4v) is 1.15. The number of rotatable bonds is 7. The molecule has 1 heteroatoms. The minimum absolute atomic E-state index is 0.272. The summed E-state index contributed by atoms with van der Waals surface area (Å²) in [4.78, 5) is 0. The van der Waals surface area contributed by atoms with Gasteiger partial charge in [0, 0.05) is 12.8 Å². The Bertz CT molecular complexity index is 185. The molecule has 0 aliphatic heterocycles. The van der Waals surface area contributed by atoms with Crippen molar-refractivity contribution in [2.24, 2.45) is 0 Å². The number of unbranched alkanes of at least 4 members (excludes halogenated alkanes) is 3. The quantitative estimate of drug-likeness (QED) is 0.374. The maximum Gasteiger partial charge on any atom is 0.0652 e. The lowest BCUT2D eigenvalue weighted by Crippen LogP contribution is -2.03. The zero-order chi connectivity index (χ0) is 10.6. The van der Waals surface area contributed by atoms with Gasteiger partial charge in [0.1, 0.15) is 0 Å². The first-order valence-corrected chi connectivity index (χ1v) is 5.56. The third-order valence-electron chi connectivity index (χ3n) is 2.07. The number of hydrogen-bond donors (Lipinski definition) is 1. The zero-order valence-electron chi connectivity index (χ0n) is 9.26. The normalized spacial score (nSPS) is 11.6. The van der Waals surface area contributed by atoms with E-state index < -0.39 is 0 Å². The molecule has 1 N–H and O–H groups in total. The highest BCUT2D eigenvalue weighted by molar-refractivity contribution is 5.00. The van der Waals surface area contributed by atoms with Crippen LogP contribution in [-0.2, 0) is 0 Å². The van der Waals surface area contributed by atoms with E-state index >= 15 is 0 Å². The first-order chi connectivity index (χ1) is 6.81. The van der Waals surface area contributed by atoms with Gasteiger partial charge in [0.25, 0.3) is 0 Å². The van der Waals surface area contributed by atoms with Crippen molar-refractivity contribution in [1.82, 2.24) is 0 Å². The Hall–Kier alpha value is -0.740. The Morgan fingerprint density at radius 1 is 1.36 bits per heavy atom. The molecule has 0 fully saturated rings. The van der Waals surface area contributed by atoms with Crippen LogP contribution in [0.4, 0.5) is 0 Å². The molecular formula is C13H22O. The summed E-state index contributed by atoms with van der Waals surface area (Å²) < 4.78 is 0. The average molecular weight is 194 g/mol. The standard InChI is InChI=1S/C13H22O/c1-3-5-7-8-9-10-12-13(14)11-6-4-2/h4,13-14H,2-3,5-8,11-12H2,1H3/t13-/m0/s1. The highest BCUT2D eigenvalue weighted by Crippen LogP contribution is 2.01. The third-order valence-corrected chi connectivity index (χ3v) is 2.07. The summed E-state index contributed by atoms with van der Waals surface area (Å²) >= 11 is 0. The zero-order valence-corrected chi connectivity index (χ0v) is 9.26. The van der Waals surface area contributed by atoms with E-state index in [9.17, 15) is 5.11 Å². The van der Waals surface area contributed by atoms with E-state index in [-0.39, 0.29) is 6.10 Å². The van der Waals surface area contributed by atoms with Crippen molar-refractivity contribution in [3.63, 3.8) is 0 Å². The van der Waals surface area contributed by atoms with E-state index in [1.807, 2.05) is 6.08 Å². The van der Waals surface area contributed by atoms with Crippen molar-refractivity contribution >= 4 is 0 Å². The van der Waals surface area contributed by atoms with Gasteiger partial charge in [0.15, 0.2) is 0 Å². The summed E-state index contributed by atoms with van der Waals surface area (Å²) in [5.74, 6) is 6.11. The van der Waals surface area contributed by atoms with E-state index in [1.54, 1.807) is 0 Å². The molecule has 0 unspecified atom stereocenters. The topological polar surface area (TPSA) is 20.2 Å². The summed E-state index contributed by atoms with van der Waals surface area (Å²) in [5, 5.41) is 9.43. The molecule has 0 saturated heterocycles. The van der Waals surface area contributed by atoms with Crippen LogP contribution in [0, 0.1) is 11.8 Å². The smallest absolute Gasteiger partial charge is 0.0652 e. The van der Waals surface area contributed by atoms with Crippen molar-refractivity contribution in [1.29, 1.82) is 0 Å². The second kappa shape index (κ2) is 10.3. The second-order valence-electron chi connectivity index (χ2n) is 3.53. The van der Waals surface area contributed by atoms with Crippen LogP contribution in [0.3, 0.4) is 0 Å². The maximum atomic E-state index is 9.43. The molecule has 0 radical (unpaired) electrons. The molecule has 14 heavy (non-hydrogen) atoms. The Kier molecular flexibility index (Phi) is 9.79. The van der Waals surface area contributed by atoms with E-state index in [2.05, 4.69) is 25.3 Å². The van der Waals surface area contributed by atoms with Gasteiger partial charge in [-0.3, -0.25) is 0 Å². The Morgan fingerprint density at radius 3 is 2.79 bits per heavy atom. The number of aliphatic hydroxyl groups is 1. The summed E-state index contributed by atoms with van der Waals surface area (Å²) in [6.45, 7) is 5.80. The Morgan fingerprint density at radius 2 is 2.14 bits per heavy atom. The molecule has 1 atom stereocenters. The molecule has 0 aromatic rings. The van der Waals surface area contributed by atoms with E-state index in [4.69, 9.17) is 0 Å². The lowest BCUT2D eigenvalue weighted by molar-refractivity contribution is 0.171. The fraction of sp³-hybridized carbons (Fsp3) is 0.692. The Balaban J connectivity index is 3.34. The molecular weight excluding hydrogens is 172 g/mol. The lowest BCUT2D eigenvalue weighted by atomic mass is 10.1. The molecule has 0 saturated carbocycles. The predicted molar refractivity (Wildman–Crippen MR) is 62.0 cm³/mol. The van der Waals surface area contributed by atoms with Gasteiger partial charge in [-0.05, 0) is 19.3 Å². The Labute approximate surface area is 88.2 Å². The highest BCUT2D eigenvalue weighted by atomic mass is 16.3. The lowest BCUT2D eigenvalue weighted by Gasteiger charge is -2.02. The molecule has 0 amide bonds. The molecule has 0 aromatic carbocycles. The summed E-state index contributed by atoms with van der Waals surface area (Å²) in [5.41, 5.74) is 0. The van der Waals surface area contributed by atoms with Crippen LogP contribution in [0.5, 0.6) is 0 Å². The number of allylic oxidation sites excluding steroid dienone is 1. The summed E-state index contributed by atoms with van der Waals surface area (Å²) in [6.07, 6.45) is 8.49. The molecule has 0 aromatic heterocycles. The molecule has 0 spiro atoms. The molecule has 1 nitrogen and oxygen atoms in total. The van der Waals surface area contributed by atoms with Crippen molar-refractivity contribution in [2.45, 2.75) is 58.0 Å². The molecule has 80 valence electrons. The monoisotopic (exact) mass is 194 g/mol. The summed E-state index contributed by atoms with van der Waals surface area (Å²) in [6, 6.07) is 0. The van der Waals surface area contributed by atoms with Gasteiger partial charge in [0.05, 0.1) is 6.10 Å². The molecule has 0 rings (SSSR count). The molecule has 0 bridgehead atoms. The minimum Gasteiger partial charge on any atom is -0.392 e. The second-order valence-corrected chi connectivity index (χ2v) is 3.53. The number of aliphatic hydroxyl groups excluding tert-OH is 1. The van der Waals surface area contributed by atoms with Gasteiger partial charge in [-0.15, -0.1) is 18.4 Å². The van der Waals surface area contributed by atoms with Crippen LogP contribution < -0.4 is 0 Å². The SMILES string of the molecule is C=CCC[C@H](O)CC#CCCCCC.